The molecular formula is C26H34N4O2. The number of β-amino-alcohol motifs (C(OH)–C–C–N with tert-alkyl or cyclic N) is 1. The van der Waals surface area contributed by atoms with Gasteiger partial charge in [-0.25, -0.2) is 5.01 Å². The smallest absolute Gasteiger partial charge is 0.256 e. The lowest BCUT2D eigenvalue weighted by atomic mass is 9.95. The molecule has 1 atom stereocenters. The van der Waals surface area contributed by atoms with Crippen molar-refractivity contribution in [1.82, 2.24) is 14.8 Å². The van der Waals surface area contributed by atoms with E-state index in [4.69, 9.17) is 0 Å². The number of aliphatic hydroxyl groups excluding tert-OH is 1. The van der Waals surface area contributed by atoms with Crippen LogP contribution in [0.1, 0.15) is 36.5 Å². The summed E-state index contributed by atoms with van der Waals surface area (Å²) in [6, 6.07) is 20.0. The Morgan fingerprint density at radius 1 is 1.06 bits per heavy atom. The quantitative estimate of drug-likeness (QED) is 0.694. The zero-order chi connectivity index (χ0) is 22.3. The van der Waals surface area contributed by atoms with Crippen molar-refractivity contribution < 1.29 is 9.90 Å². The van der Waals surface area contributed by atoms with Crippen molar-refractivity contribution in [2.45, 2.75) is 25.4 Å². The highest BCUT2D eigenvalue weighted by Crippen LogP contribution is 2.21. The number of hydrogen-bond acceptors (Lipinski definition) is 5. The van der Waals surface area contributed by atoms with Gasteiger partial charge >= 0.3 is 0 Å². The van der Waals surface area contributed by atoms with Gasteiger partial charge in [0.15, 0.2) is 0 Å². The first-order chi connectivity index (χ1) is 15.6. The second kappa shape index (κ2) is 10.9. The molecule has 170 valence electrons. The Bertz CT molecular complexity index is 895. The maximum absolute atomic E-state index is 12.7. The fraction of sp³-hybridized carbons (Fsp3) is 0.462. The van der Waals surface area contributed by atoms with Crippen molar-refractivity contribution in [2.24, 2.45) is 11.0 Å². The largest absolute Gasteiger partial charge is 0.387 e. The summed E-state index contributed by atoms with van der Waals surface area (Å²) in [6.45, 7) is 4.66. The normalized spacial score (nSPS) is 18.7. The van der Waals surface area contributed by atoms with Crippen LogP contribution in [0.15, 0.2) is 65.8 Å². The molecule has 1 amide bonds. The number of hydrazone groups is 1. The Morgan fingerprint density at radius 3 is 2.41 bits per heavy atom. The van der Waals surface area contributed by atoms with E-state index in [9.17, 15) is 9.90 Å². The van der Waals surface area contributed by atoms with E-state index >= 15 is 0 Å². The Hall–Kier alpha value is -2.54. The molecule has 2 aliphatic rings. The number of carbonyl (C=O) groups is 1. The summed E-state index contributed by atoms with van der Waals surface area (Å²) < 4.78 is 0. The summed E-state index contributed by atoms with van der Waals surface area (Å²) >= 11 is 0. The zero-order valence-corrected chi connectivity index (χ0v) is 18.9. The van der Waals surface area contributed by atoms with Crippen LogP contribution in [-0.2, 0) is 4.79 Å². The topological polar surface area (TPSA) is 59.4 Å². The van der Waals surface area contributed by atoms with Gasteiger partial charge in [-0.3, -0.25) is 9.69 Å². The highest BCUT2D eigenvalue weighted by atomic mass is 16.3. The van der Waals surface area contributed by atoms with Crippen molar-refractivity contribution in [2.75, 3.05) is 46.3 Å². The van der Waals surface area contributed by atoms with E-state index < -0.39 is 6.10 Å². The summed E-state index contributed by atoms with van der Waals surface area (Å²) in [5, 5.41) is 16.7. The summed E-state index contributed by atoms with van der Waals surface area (Å²) in [4.78, 5) is 17.2. The first-order valence-corrected chi connectivity index (χ1v) is 11.7. The van der Waals surface area contributed by atoms with E-state index in [2.05, 4.69) is 14.9 Å². The standard InChI is InChI=1S/C26H34N4O2/c1-28(20-26(32)30-17-14-24(27-30)22-8-4-2-5-9-22)18-21-12-15-29(16-13-21)19-25(31)23-10-6-3-7-11-23/h2-11,21,25,31H,12-20H2,1H3. The molecule has 0 aromatic heterocycles. The first kappa shape index (κ1) is 22.6. The van der Waals surface area contributed by atoms with E-state index in [1.54, 1.807) is 5.01 Å². The molecule has 2 heterocycles. The molecule has 0 radical (unpaired) electrons. The van der Waals surface area contributed by atoms with Crippen molar-refractivity contribution >= 4 is 11.6 Å². The molecule has 1 N–H and O–H groups in total. The van der Waals surface area contributed by atoms with Gasteiger partial charge in [0.1, 0.15) is 0 Å². The Balaban J connectivity index is 1.19. The summed E-state index contributed by atoms with van der Waals surface area (Å²) in [5.41, 5.74) is 3.07. The summed E-state index contributed by atoms with van der Waals surface area (Å²) in [6.07, 6.45) is 2.57. The van der Waals surface area contributed by atoms with Gasteiger partial charge in [-0.2, -0.15) is 5.10 Å². The first-order valence-electron chi connectivity index (χ1n) is 11.7. The van der Waals surface area contributed by atoms with Crippen molar-refractivity contribution in [3.8, 4) is 0 Å². The average Bonchev–Trinajstić information content (AvgIpc) is 3.32. The van der Waals surface area contributed by atoms with E-state index in [0.29, 0.717) is 25.6 Å². The van der Waals surface area contributed by atoms with Crippen molar-refractivity contribution in [3.05, 3.63) is 71.8 Å². The maximum atomic E-state index is 12.7. The zero-order valence-electron chi connectivity index (χ0n) is 18.9. The van der Waals surface area contributed by atoms with Gasteiger partial charge in [-0.15, -0.1) is 0 Å². The number of benzene rings is 2. The Kier molecular flexibility index (Phi) is 7.68. The predicted octanol–water partition coefficient (Wildman–Crippen LogP) is 3.00. The van der Waals surface area contributed by atoms with E-state index in [-0.39, 0.29) is 5.91 Å². The van der Waals surface area contributed by atoms with Crippen LogP contribution < -0.4 is 0 Å². The molecule has 0 spiro atoms. The van der Waals surface area contributed by atoms with Crippen molar-refractivity contribution in [1.29, 1.82) is 0 Å². The molecule has 0 bridgehead atoms. The van der Waals surface area contributed by atoms with Crippen LogP contribution in [0.25, 0.3) is 0 Å². The number of carbonyl (C=O) groups excluding carboxylic acids is 1. The summed E-state index contributed by atoms with van der Waals surface area (Å²) in [7, 11) is 2.03. The molecule has 1 fully saturated rings. The minimum absolute atomic E-state index is 0.0712. The van der Waals surface area contributed by atoms with Gasteiger partial charge in [-0.1, -0.05) is 60.7 Å². The SMILES string of the molecule is CN(CC(=O)N1CCC(c2ccccc2)=N1)CC1CCN(CC(O)c2ccccc2)CC1. The molecule has 0 saturated carbocycles. The number of hydrogen-bond donors (Lipinski definition) is 1. The minimum Gasteiger partial charge on any atom is -0.387 e. The summed E-state index contributed by atoms with van der Waals surface area (Å²) in [5.74, 6) is 0.654. The second-order valence-corrected chi connectivity index (χ2v) is 9.05. The van der Waals surface area contributed by atoms with Gasteiger partial charge in [0.25, 0.3) is 5.91 Å². The lowest BCUT2D eigenvalue weighted by Crippen LogP contribution is -2.41. The van der Waals surface area contributed by atoms with Crippen LogP contribution >= 0.6 is 0 Å². The number of rotatable bonds is 8. The molecule has 0 aliphatic carbocycles. The molecule has 6 heteroatoms. The number of likely N-dealkylation sites (tertiary alicyclic amines) is 1. The lowest BCUT2D eigenvalue weighted by Gasteiger charge is -2.34. The van der Waals surface area contributed by atoms with Crippen LogP contribution in [0.5, 0.6) is 0 Å². The molecule has 2 aliphatic heterocycles. The fourth-order valence-electron chi connectivity index (χ4n) is 4.67. The Morgan fingerprint density at radius 2 is 1.72 bits per heavy atom. The number of nitrogens with zero attached hydrogens (tertiary/aromatic N) is 4. The molecule has 1 saturated heterocycles. The van der Waals surface area contributed by atoms with Crippen LogP contribution in [-0.4, -0.2) is 77.9 Å². The second-order valence-electron chi connectivity index (χ2n) is 9.05. The number of aliphatic hydroxyl groups is 1. The molecule has 6 nitrogen and oxygen atoms in total. The van der Waals surface area contributed by atoms with Gasteiger partial charge in [0.05, 0.1) is 24.9 Å². The van der Waals surface area contributed by atoms with E-state index in [1.165, 1.54) is 0 Å². The molecule has 2 aromatic rings. The Labute approximate surface area is 191 Å². The molecule has 4 rings (SSSR count). The number of likely N-dealkylation sites (N-methyl/N-ethyl adjacent to an activating group) is 1. The molecule has 1 unspecified atom stereocenters. The highest BCUT2D eigenvalue weighted by molar-refractivity contribution is 6.02. The number of piperidine rings is 1. The molecule has 32 heavy (non-hydrogen) atoms. The minimum atomic E-state index is -0.435. The van der Waals surface area contributed by atoms with Crippen LogP contribution in [0, 0.1) is 5.92 Å². The maximum Gasteiger partial charge on any atom is 0.256 e. The third kappa shape index (κ3) is 6.03. The van der Waals surface area contributed by atoms with E-state index in [1.807, 2.05) is 67.7 Å². The predicted molar refractivity (Wildman–Crippen MR) is 127 cm³/mol. The van der Waals surface area contributed by atoms with Crippen LogP contribution in [0.4, 0.5) is 0 Å². The van der Waals surface area contributed by atoms with Crippen molar-refractivity contribution in [3.63, 3.8) is 0 Å². The lowest BCUT2D eigenvalue weighted by molar-refractivity contribution is -0.131. The van der Waals surface area contributed by atoms with Gasteiger partial charge in [-0.05, 0) is 50.0 Å². The van der Waals surface area contributed by atoms with Gasteiger partial charge in [0.2, 0.25) is 0 Å². The third-order valence-corrected chi connectivity index (χ3v) is 6.49. The number of amides is 1. The fourth-order valence-corrected chi connectivity index (χ4v) is 4.67. The van der Waals surface area contributed by atoms with Crippen LogP contribution in [0.2, 0.25) is 0 Å². The third-order valence-electron chi connectivity index (χ3n) is 6.49. The van der Waals surface area contributed by atoms with Crippen LogP contribution in [0.3, 0.4) is 0 Å². The average molecular weight is 435 g/mol. The molecular weight excluding hydrogens is 400 g/mol. The highest BCUT2D eigenvalue weighted by Gasteiger charge is 2.25. The van der Waals surface area contributed by atoms with Gasteiger partial charge in [0, 0.05) is 19.5 Å². The van der Waals surface area contributed by atoms with E-state index in [0.717, 1.165) is 55.7 Å². The molecule has 2 aromatic carbocycles. The monoisotopic (exact) mass is 434 g/mol. The van der Waals surface area contributed by atoms with Gasteiger partial charge < -0.3 is 10.0 Å².